The Bertz CT molecular complexity index is 464. The van der Waals surface area contributed by atoms with Gasteiger partial charge in [0, 0.05) is 17.3 Å². The minimum Gasteiger partial charge on any atom is -0.480 e. The number of hydrogen-bond acceptors (Lipinski definition) is 3. The number of benzene rings is 1. The number of amides is 1. The molecule has 17 heavy (non-hydrogen) atoms. The maximum atomic E-state index is 11.3. The van der Waals surface area contributed by atoms with Crippen LogP contribution in [0.2, 0.25) is 5.02 Å². The zero-order chi connectivity index (χ0) is 12.4. The Morgan fingerprint density at radius 2 is 2.29 bits per heavy atom. The lowest BCUT2D eigenvalue weighted by Gasteiger charge is -2.34. The van der Waals surface area contributed by atoms with Crippen LogP contribution in [-0.2, 0) is 9.59 Å². The summed E-state index contributed by atoms with van der Waals surface area (Å²) in [4.78, 5) is 24.0. The van der Waals surface area contributed by atoms with Crippen molar-refractivity contribution in [1.29, 1.82) is 0 Å². The lowest BCUT2D eigenvalue weighted by molar-refractivity contribution is -0.139. The maximum absolute atomic E-state index is 11.3. The Morgan fingerprint density at radius 3 is 2.94 bits per heavy atom. The number of nitrogens with zero attached hydrogens (tertiary/aromatic N) is 1. The third-order valence-electron chi connectivity index (χ3n) is 2.61. The zero-order valence-corrected chi connectivity index (χ0v) is 9.65. The first-order chi connectivity index (χ1) is 8.08. The number of anilines is 1. The van der Waals surface area contributed by atoms with Gasteiger partial charge in [-0.25, -0.2) is 4.79 Å². The van der Waals surface area contributed by atoms with Gasteiger partial charge in [-0.3, -0.25) is 4.79 Å². The minimum absolute atomic E-state index is 0.0251. The normalized spacial score (nSPS) is 19.9. The van der Waals surface area contributed by atoms with E-state index in [4.69, 9.17) is 16.7 Å². The molecule has 5 nitrogen and oxygen atoms in total. The SMILES string of the molecule is O=C1CN(c2cccc(Cl)c2)C(C(=O)O)CN1. The molecular weight excluding hydrogens is 244 g/mol. The molecule has 1 heterocycles. The van der Waals surface area contributed by atoms with Crippen molar-refractivity contribution >= 4 is 29.2 Å². The van der Waals surface area contributed by atoms with Crippen molar-refractivity contribution < 1.29 is 14.7 Å². The molecule has 1 fully saturated rings. The van der Waals surface area contributed by atoms with E-state index in [1.807, 2.05) is 0 Å². The van der Waals surface area contributed by atoms with Crippen LogP contribution < -0.4 is 10.2 Å². The van der Waals surface area contributed by atoms with Gasteiger partial charge in [-0.15, -0.1) is 0 Å². The summed E-state index contributed by atoms with van der Waals surface area (Å²) in [6, 6.07) is 6.05. The van der Waals surface area contributed by atoms with Gasteiger partial charge >= 0.3 is 5.97 Å². The molecular formula is C11H11ClN2O3. The summed E-state index contributed by atoms with van der Waals surface area (Å²) >= 11 is 5.85. The van der Waals surface area contributed by atoms with E-state index in [9.17, 15) is 9.59 Å². The highest BCUT2D eigenvalue weighted by molar-refractivity contribution is 6.30. The van der Waals surface area contributed by atoms with Crippen molar-refractivity contribution in [3.63, 3.8) is 0 Å². The van der Waals surface area contributed by atoms with E-state index in [0.717, 1.165) is 0 Å². The Balaban J connectivity index is 2.32. The average molecular weight is 255 g/mol. The number of aliphatic carboxylic acids is 1. The van der Waals surface area contributed by atoms with Crippen molar-refractivity contribution in [3.05, 3.63) is 29.3 Å². The summed E-state index contributed by atoms with van der Waals surface area (Å²) in [6.45, 7) is 0.123. The highest BCUT2D eigenvalue weighted by atomic mass is 35.5. The van der Waals surface area contributed by atoms with Gasteiger partial charge in [-0.05, 0) is 18.2 Å². The molecule has 1 atom stereocenters. The van der Waals surface area contributed by atoms with E-state index >= 15 is 0 Å². The van der Waals surface area contributed by atoms with Crippen molar-refractivity contribution in [2.75, 3.05) is 18.0 Å². The van der Waals surface area contributed by atoms with Crippen LogP contribution in [0.25, 0.3) is 0 Å². The maximum Gasteiger partial charge on any atom is 0.328 e. The highest BCUT2D eigenvalue weighted by Gasteiger charge is 2.31. The number of carboxylic acids is 1. The Hall–Kier alpha value is -1.75. The van der Waals surface area contributed by atoms with Crippen LogP contribution in [0.3, 0.4) is 0 Å². The van der Waals surface area contributed by atoms with Crippen molar-refractivity contribution in [3.8, 4) is 0 Å². The third kappa shape index (κ3) is 2.50. The minimum atomic E-state index is -0.968. The van der Waals surface area contributed by atoms with Crippen LogP contribution in [0.1, 0.15) is 0 Å². The fourth-order valence-electron chi connectivity index (χ4n) is 1.79. The quantitative estimate of drug-likeness (QED) is 0.816. The molecule has 0 spiro atoms. The second-order valence-corrected chi connectivity index (χ2v) is 4.20. The molecule has 0 bridgehead atoms. The van der Waals surface area contributed by atoms with Gasteiger partial charge in [0.1, 0.15) is 6.04 Å². The number of halogens is 1. The molecule has 0 radical (unpaired) electrons. The van der Waals surface area contributed by atoms with Gasteiger partial charge in [0.2, 0.25) is 5.91 Å². The molecule has 0 aliphatic carbocycles. The predicted molar refractivity (Wildman–Crippen MR) is 63.2 cm³/mol. The number of carbonyl (C=O) groups excluding carboxylic acids is 1. The summed E-state index contributed by atoms with van der Waals surface area (Å²) in [6.07, 6.45) is 0. The van der Waals surface area contributed by atoms with E-state index < -0.39 is 12.0 Å². The molecule has 1 aliphatic rings. The predicted octanol–water partition coefficient (Wildman–Crippen LogP) is 0.729. The van der Waals surface area contributed by atoms with Gasteiger partial charge in [0.15, 0.2) is 0 Å². The zero-order valence-electron chi connectivity index (χ0n) is 8.89. The number of carboxylic acid groups (broad SMARTS) is 1. The number of nitrogens with one attached hydrogen (secondary N) is 1. The molecule has 2 N–H and O–H groups in total. The van der Waals surface area contributed by atoms with Crippen molar-refractivity contribution in [2.45, 2.75) is 6.04 Å². The Morgan fingerprint density at radius 1 is 1.53 bits per heavy atom. The first-order valence-corrected chi connectivity index (χ1v) is 5.47. The Kier molecular flexibility index (Phi) is 3.19. The molecule has 1 aliphatic heterocycles. The largest absolute Gasteiger partial charge is 0.480 e. The van der Waals surface area contributed by atoms with Crippen LogP contribution in [0, 0.1) is 0 Å². The van der Waals surface area contributed by atoms with Gasteiger partial charge in [-0.1, -0.05) is 17.7 Å². The second kappa shape index (κ2) is 4.63. The topological polar surface area (TPSA) is 69.6 Å². The fraction of sp³-hybridized carbons (Fsp3) is 0.273. The molecule has 1 amide bonds. The van der Waals surface area contributed by atoms with E-state index in [0.29, 0.717) is 10.7 Å². The van der Waals surface area contributed by atoms with E-state index in [1.165, 1.54) is 4.90 Å². The van der Waals surface area contributed by atoms with Gasteiger partial charge in [-0.2, -0.15) is 0 Å². The lowest BCUT2D eigenvalue weighted by Crippen LogP contribution is -2.57. The van der Waals surface area contributed by atoms with Crippen LogP contribution in [-0.4, -0.2) is 36.1 Å². The number of piperazine rings is 1. The first-order valence-electron chi connectivity index (χ1n) is 5.09. The van der Waals surface area contributed by atoms with Crippen LogP contribution >= 0.6 is 11.6 Å². The summed E-state index contributed by atoms with van der Waals surface area (Å²) in [7, 11) is 0. The molecule has 90 valence electrons. The van der Waals surface area contributed by atoms with Crippen LogP contribution in [0.5, 0.6) is 0 Å². The van der Waals surface area contributed by atoms with Gasteiger partial charge in [0.05, 0.1) is 6.54 Å². The average Bonchev–Trinajstić information content (AvgIpc) is 2.28. The molecule has 2 rings (SSSR count). The number of carbonyl (C=O) groups is 2. The summed E-state index contributed by atoms with van der Waals surface area (Å²) < 4.78 is 0. The summed E-state index contributed by atoms with van der Waals surface area (Å²) in [5.74, 6) is -1.16. The summed E-state index contributed by atoms with van der Waals surface area (Å²) in [5.41, 5.74) is 0.639. The van der Waals surface area contributed by atoms with Crippen molar-refractivity contribution in [2.24, 2.45) is 0 Å². The fourth-order valence-corrected chi connectivity index (χ4v) is 1.97. The first kappa shape index (κ1) is 11.7. The molecule has 1 aromatic rings. The molecule has 1 aromatic carbocycles. The monoisotopic (exact) mass is 254 g/mol. The highest BCUT2D eigenvalue weighted by Crippen LogP contribution is 2.22. The number of hydrogen-bond donors (Lipinski definition) is 2. The molecule has 0 aromatic heterocycles. The van der Waals surface area contributed by atoms with E-state index in [-0.39, 0.29) is 19.0 Å². The van der Waals surface area contributed by atoms with Crippen LogP contribution in [0.15, 0.2) is 24.3 Å². The van der Waals surface area contributed by atoms with Gasteiger partial charge < -0.3 is 15.3 Å². The summed E-state index contributed by atoms with van der Waals surface area (Å²) in [5, 5.41) is 12.1. The third-order valence-corrected chi connectivity index (χ3v) is 2.84. The molecule has 1 unspecified atom stereocenters. The standard InChI is InChI=1S/C11H11ClN2O3/c12-7-2-1-3-8(4-7)14-6-10(15)13-5-9(14)11(16)17/h1-4,9H,5-6H2,(H,13,15)(H,16,17). The molecule has 1 saturated heterocycles. The number of rotatable bonds is 2. The second-order valence-electron chi connectivity index (χ2n) is 3.77. The van der Waals surface area contributed by atoms with Gasteiger partial charge in [0.25, 0.3) is 0 Å². The van der Waals surface area contributed by atoms with E-state index in [1.54, 1.807) is 24.3 Å². The Labute approximate surface area is 103 Å². The van der Waals surface area contributed by atoms with Crippen molar-refractivity contribution in [1.82, 2.24) is 5.32 Å². The molecule has 0 saturated carbocycles. The van der Waals surface area contributed by atoms with E-state index in [2.05, 4.69) is 5.32 Å². The lowest BCUT2D eigenvalue weighted by atomic mass is 10.1. The van der Waals surface area contributed by atoms with Crippen LogP contribution in [0.4, 0.5) is 5.69 Å². The smallest absolute Gasteiger partial charge is 0.328 e. The molecule has 6 heteroatoms.